The van der Waals surface area contributed by atoms with Gasteiger partial charge in [0.05, 0.1) is 0 Å². The van der Waals surface area contributed by atoms with Gasteiger partial charge in [-0.15, -0.1) is 0 Å². The maximum atomic E-state index is 12.3. The molecule has 5 nitrogen and oxygen atoms in total. The standard InChI is InChI=1S/C15H23N3O2/c1-12-5-4-8-18(15(12)20)11-14(19)17(3)13-6-9-16(2)10-7-13/h4-5,8,13H,6-7,9-11H2,1-3H3. The fraction of sp³-hybridized carbons (Fsp3) is 0.600. The van der Waals surface area contributed by atoms with E-state index >= 15 is 0 Å². The molecule has 1 aliphatic rings. The number of hydrogen-bond acceptors (Lipinski definition) is 3. The van der Waals surface area contributed by atoms with Gasteiger partial charge in [0, 0.05) is 24.8 Å². The highest BCUT2D eigenvalue weighted by Crippen LogP contribution is 2.14. The Morgan fingerprint density at radius 3 is 2.70 bits per heavy atom. The van der Waals surface area contributed by atoms with Crippen LogP contribution in [-0.4, -0.2) is 53.5 Å². The highest BCUT2D eigenvalue weighted by atomic mass is 16.2. The first-order valence-electron chi connectivity index (χ1n) is 7.09. The van der Waals surface area contributed by atoms with Gasteiger partial charge >= 0.3 is 0 Å². The fourth-order valence-corrected chi connectivity index (χ4v) is 2.62. The first-order chi connectivity index (χ1) is 9.49. The third-order valence-corrected chi connectivity index (χ3v) is 4.15. The molecule has 0 aromatic carbocycles. The fourth-order valence-electron chi connectivity index (χ4n) is 2.62. The summed E-state index contributed by atoms with van der Waals surface area (Å²) in [4.78, 5) is 28.3. The quantitative estimate of drug-likeness (QED) is 0.817. The lowest BCUT2D eigenvalue weighted by Gasteiger charge is -2.35. The molecule has 2 rings (SSSR count). The van der Waals surface area contributed by atoms with Crippen LogP contribution in [-0.2, 0) is 11.3 Å². The number of hydrogen-bond donors (Lipinski definition) is 0. The Labute approximate surface area is 119 Å². The average molecular weight is 277 g/mol. The number of carbonyl (C=O) groups excluding carboxylic acids is 1. The van der Waals surface area contributed by atoms with E-state index in [0.717, 1.165) is 25.9 Å². The Balaban J connectivity index is 2.01. The van der Waals surface area contributed by atoms with Gasteiger partial charge in [-0.2, -0.15) is 0 Å². The molecule has 110 valence electrons. The van der Waals surface area contributed by atoms with E-state index in [4.69, 9.17) is 0 Å². The Morgan fingerprint density at radius 1 is 1.40 bits per heavy atom. The van der Waals surface area contributed by atoms with Gasteiger partial charge in [-0.05, 0) is 46.0 Å². The molecule has 0 radical (unpaired) electrons. The Hall–Kier alpha value is -1.62. The number of likely N-dealkylation sites (N-methyl/N-ethyl adjacent to an activating group) is 1. The van der Waals surface area contributed by atoms with Crippen LogP contribution in [0.3, 0.4) is 0 Å². The van der Waals surface area contributed by atoms with Gasteiger partial charge in [0.25, 0.3) is 5.56 Å². The predicted molar refractivity (Wildman–Crippen MR) is 78.7 cm³/mol. The lowest BCUT2D eigenvalue weighted by Crippen LogP contribution is -2.46. The minimum absolute atomic E-state index is 0.00672. The molecule has 0 unspecified atom stereocenters. The number of amides is 1. The minimum Gasteiger partial charge on any atom is -0.341 e. The van der Waals surface area contributed by atoms with E-state index < -0.39 is 0 Å². The third-order valence-electron chi connectivity index (χ3n) is 4.15. The number of nitrogens with zero attached hydrogens (tertiary/aromatic N) is 3. The van der Waals surface area contributed by atoms with E-state index in [0.29, 0.717) is 11.6 Å². The van der Waals surface area contributed by atoms with Crippen LogP contribution in [0.2, 0.25) is 0 Å². The van der Waals surface area contributed by atoms with Crippen LogP contribution >= 0.6 is 0 Å². The van der Waals surface area contributed by atoms with Crippen molar-refractivity contribution in [3.8, 4) is 0 Å². The molecule has 0 atom stereocenters. The first-order valence-corrected chi connectivity index (χ1v) is 7.09. The minimum atomic E-state index is -0.0855. The van der Waals surface area contributed by atoms with Gasteiger partial charge in [0.1, 0.15) is 6.54 Å². The molecule has 1 saturated heterocycles. The number of pyridine rings is 1. The summed E-state index contributed by atoms with van der Waals surface area (Å²) in [5.41, 5.74) is 0.583. The van der Waals surface area contributed by atoms with Crippen LogP contribution in [0.4, 0.5) is 0 Å². The van der Waals surface area contributed by atoms with Gasteiger partial charge < -0.3 is 14.4 Å². The zero-order valence-electron chi connectivity index (χ0n) is 12.5. The average Bonchev–Trinajstić information content (AvgIpc) is 2.44. The molecule has 5 heteroatoms. The van der Waals surface area contributed by atoms with Crippen molar-refractivity contribution in [3.63, 3.8) is 0 Å². The second-order valence-corrected chi connectivity index (χ2v) is 5.66. The number of aromatic nitrogens is 1. The van der Waals surface area contributed by atoms with E-state index in [-0.39, 0.29) is 18.0 Å². The Kier molecular flexibility index (Phi) is 4.60. The van der Waals surface area contributed by atoms with E-state index in [1.807, 2.05) is 11.9 Å². The van der Waals surface area contributed by atoms with Crippen LogP contribution < -0.4 is 5.56 Å². The summed E-state index contributed by atoms with van der Waals surface area (Å²) in [6, 6.07) is 3.86. The number of piperidine rings is 1. The molecule has 1 aromatic rings. The summed E-state index contributed by atoms with van der Waals surface area (Å²) in [5.74, 6) is 0.00672. The van der Waals surface area contributed by atoms with E-state index in [9.17, 15) is 9.59 Å². The maximum absolute atomic E-state index is 12.3. The highest BCUT2D eigenvalue weighted by molar-refractivity contribution is 5.76. The maximum Gasteiger partial charge on any atom is 0.253 e. The topological polar surface area (TPSA) is 45.6 Å². The monoisotopic (exact) mass is 277 g/mol. The molecule has 0 bridgehead atoms. The van der Waals surface area contributed by atoms with Crippen LogP contribution in [0, 0.1) is 6.92 Å². The molecule has 0 N–H and O–H groups in total. The zero-order valence-corrected chi connectivity index (χ0v) is 12.5. The number of carbonyl (C=O) groups is 1. The van der Waals surface area contributed by atoms with Crippen molar-refractivity contribution in [2.24, 2.45) is 0 Å². The molecule has 0 aliphatic carbocycles. The molecule has 1 amide bonds. The third kappa shape index (κ3) is 3.28. The summed E-state index contributed by atoms with van der Waals surface area (Å²) < 4.78 is 1.49. The van der Waals surface area contributed by atoms with E-state index in [1.165, 1.54) is 4.57 Å². The molecule has 0 saturated carbocycles. The summed E-state index contributed by atoms with van der Waals surface area (Å²) in [5, 5.41) is 0. The molecular weight excluding hydrogens is 254 g/mol. The molecule has 2 heterocycles. The largest absolute Gasteiger partial charge is 0.341 e. The summed E-state index contributed by atoms with van der Waals surface area (Å²) >= 11 is 0. The molecule has 1 aromatic heterocycles. The zero-order chi connectivity index (χ0) is 14.7. The molecular formula is C15H23N3O2. The van der Waals surface area contributed by atoms with Gasteiger partial charge in [-0.3, -0.25) is 9.59 Å². The van der Waals surface area contributed by atoms with Crippen molar-refractivity contribution < 1.29 is 4.79 Å². The second kappa shape index (κ2) is 6.22. The summed E-state index contributed by atoms with van der Waals surface area (Å²) in [6.45, 7) is 3.94. The summed E-state index contributed by atoms with van der Waals surface area (Å²) in [6.07, 6.45) is 3.68. The van der Waals surface area contributed by atoms with Gasteiger partial charge in [-0.25, -0.2) is 0 Å². The smallest absolute Gasteiger partial charge is 0.253 e. The van der Waals surface area contributed by atoms with Crippen molar-refractivity contribution in [2.75, 3.05) is 27.2 Å². The van der Waals surface area contributed by atoms with Crippen LogP contribution in [0.15, 0.2) is 23.1 Å². The van der Waals surface area contributed by atoms with E-state index in [2.05, 4.69) is 11.9 Å². The first kappa shape index (κ1) is 14.8. The van der Waals surface area contributed by atoms with Crippen LogP contribution in [0.1, 0.15) is 18.4 Å². The predicted octanol–water partition coefficient (Wildman–Crippen LogP) is 0.709. The van der Waals surface area contributed by atoms with Crippen molar-refractivity contribution >= 4 is 5.91 Å². The van der Waals surface area contributed by atoms with Crippen molar-refractivity contribution in [1.29, 1.82) is 0 Å². The van der Waals surface area contributed by atoms with Gasteiger partial charge in [0.15, 0.2) is 0 Å². The lowest BCUT2D eigenvalue weighted by atomic mass is 10.0. The van der Waals surface area contributed by atoms with Gasteiger partial charge in [-0.1, -0.05) is 6.07 Å². The Morgan fingerprint density at radius 2 is 2.05 bits per heavy atom. The van der Waals surface area contributed by atoms with Crippen molar-refractivity contribution in [2.45, 2.75) is 32.4 Å². The lowest BCUT2D eigenvalue weighted by molar-refractivity contribution is -0.133. The van der Waals surface area contributed by atoms with Crippen LogP contribution in [0.25, 0.3) is 0 Å². The van der Waals surface area contributed by atoms with Gasteiger partial charge in [0.2, 0.25) is 5.91 Å². The van der Waals surface area contributed by atoms with E-state index in [1.54, 1.807) is 25.3 Å². The number of likely N-dealkylation sites (tertiary alicyclic amines) is 1. The molecule has 0 spiro atoms. The summed E-state index contributed by atoms with van der Waals surface area (Å²) in [7, 11) is 3.95. The van der Waals surface area contributed by atoms with Crippen molar-refractivity contribution in [1.82, 2.24) is 14.4 Å². The molecule has 1 fully saturated rings. The normalized spacial score (nSPS) is 17.1. The van der Waals surface area contributed by atoms with Crippen LogP contribution in [0.5, 0.6) is 0 Å². The second-order valence-electron chi connectivity index (χ2n) is 5.66. The number of rotatable bonds is 3. The highest BCUT2D eigenvalue weighted by Gasteiger charge is 2.24. The van der Waals surface area contributed by atoms with Crippen molar-refractivity contribution in [3.05, 3.63) is 34.2 Å². The Bertz CT molecular complexity index is 530. The molecule has 1 aliphatic heterocycles. The number of aryl methyl sites for hydroxylation is 1. The molecule has 20 heavy (non-hydrogen) atoms. The SMILES string of the molecule is Cc1cccn(CC(=O)N(C)C2CCN(C)CC2)c1=O.